The number of carbonyl (C=O) groups excluding carboxylic acids is 2. The predicted octanol–water partition coefficient (Wildman–Crippen LogP) is 2.67. The molecule has 2 aliphatic rings. The van der Waals surface area contributed by atoms with Crippen LogP contribution in [0.25, 0.3) is 0 Å². The highest BCUT2D eigenvalue weighted by molar-refractivity contribution is 5.78. The summed E-state index contributed by atoms with van der Waals surface area (Å²) in [6.45, 7) is 5.40. The molecule has 29 heavy (non-hydrogen) atoms. The van der Waals surface area contributed by atoms with Crippen LogP contribution in [0.15, 0.2) is 36.8 Å². The van der Waals surface area contributed by atoms with Gasteiger partial charge in [-0.3, -0.25) is 4.79 Å². The van der Waals surface area contributed by atoms with Gasteiger partial charge in [-0.1, -0.05) is 24.3 Å². The van der Waals surface area contributed by atoms with E-state index in [1.165, 1.54) is 11.1 Å². The van der Waals surface area contributed by atoms with Gasteiger partial charge in [0.25, 0.3) is 0 Å². The molecule has 1 aromatic carbocycles. The van der Waals surface area contributed by atoms with E-state index in [0.29, 0.717) is 6.42 Å². The molecule has 3 N–H and O–H groups in total. The van der Waals surface area contributed by atoms with Crippen LogP contribution >= 0.6 is 0 Å². The minimum atomic E-state index is -0.121. The molecule has 0 bridgehead atoms. The van der Waals surface area contributed by atoms with Crippen LogP contribution in [0.5, 0.6) is 0 Å². The van der Waals surface area contributed by atoms with E-state index in [0.717, 1.165) is 38.0 Å². The van der Waals surface area contributed by atoms with Crippen molar-refractivity contribution in [3.05, 3.63) is 53.6 Å². The van der Waals surface area contributed by atoms with Crippen molar-refractivity contribution in [1.29, 1.82) is 0 Å². The lowest BCUT2D eigenvalue weighted by molar-refractivity contribution is -0.132. The number of fused-ring (bicyclic) bond motifs is 2. The molecule has 2 heterocycles. The molecule has 7 heteroatoms. The van der Waals surface area contributed by atoms with Gasteiger partial charge in [0.2, 0.25) is 5.91 Å². The smallest absolute Gasteiger partial charge is 0.315 e. The number of aromatic amines is 1. The summed E-state index contributed by atoms with van der Waals surface area (Å²) in [5.74, 6) is 0.140. The molecule has 154 valence electrons. The second-order valence-electron chi connectivity index (χ2n) is 8.53. The van der Waals surface area contributed by atoms with Crippen LogP contribution in [0.4, 0.5) is 4.79 Å². The van der Waals surface area contributed by atoms with E-state index in [-0.39, 0.29) is 29.4 Å². The molecule has 1 spiro atoms. The summed E-state index contributed by atoms with van der Waals surface area (Å²) in [7, 11) is 0. The van der Waals surface area contributed by atoms with Crippen molar-refractivity contribution in [1.82, 2.24) is 25.5 Å². The number of hydrogen-bond donors (Lipinski definition) is 3. The first-order valence-corrected chi connectivity index (χ1v) is 10.4. The van der Waals surface area contributed by atoms with Gasteiger partial charge in [0.1, 0.15) is 0 Å². The molecule has 1 unspecified atom stereocenters. The van der Waals surface area contributed by atoms with Crippen molar-refractivity contribution in [2.75, 3.05) is 13.1 Å². The van der Waals surface area contributed by atoms with E-state index in [4.69, 9.17) is 0 Å². The van der Waals surface area contributed by atoms with Crippen molar-refractivity contribution in [3.63, 3.8) is 0 Å². The van der Waals surface area contributed by atoms with Crippen molar-refractivity contribution in [2.45, 2.75) is 57.0 Å². The minimum absolute atomic E-state index is 0.0113. The number of carbonyl (C=O) groups is 2. The van der Waals surface area contributed by atoms with E-state index in [2.05, 4.69) is 38.8 Å². The third-order valence-electron chi connectivity index (χ3n) is 6.20. The number of H-pyrrole nitrogens is 1. The van der Waals surface area contributed by atoms with Gasteiger partial charge in [0.15, 0.2) is 0 Å². The number of hydrogen-bond acceptors (Lipinski definition) is 3. The second-order valence-corrected chi connectivity index (χ2v) is 8.53. The first kappa shape index (κ1) is 19.5. The summed E-state index contributed by atoms with van der Waals surface area (Å²) in [4.78, 5) is 33.9. The fourth-order valence-corrected chi connectivity index (χ4v) is 4.80. The normalized spacial score (nSPS) is 20.0. The molecule has 1 aliphatic carbocycles. The maximum absolute atomic E-state index is 12.6. The highest BCUT2D eigenvalue weighted by Crippen LogP contribution is 2.50. The molecule has 2 aromatic rings. The fraction of sp³-hybridized carbons (Fsp3) is 0.500. The van der Waals surface area contributed by atoms with Crippen LogP contribution in [0.1, 0.15) is 56.0 Å². The number of imidazole rings is 1. The highest BCUT2D eigenvalue weighted by atomic mass is 16.2. The molecule has 1 saturated heterocycles. The van der Waals surface area contributed by atoms with Crippen LogP contribution < -0.4 is 10.6 Å². The van der Waals surface area contributed by atoms with Crippen molar-refractivity contribution in [2.24, 2.45) is 0 Å². The molecular formula is C22H29N5O2. The molecular weight excluding hydrogens is 366 g/mol. The Balaban J connectivity index is 1.45. The molecule has 1 aliphatic heterocycles. The Morgan fingerprint density at radius 1 is 1.28 bits per heavy atom. The average Bonchev–Trinajstić information content (AvgIpc) is 3.29. The molecule has 1 aromatic heterocycles. The predicted molar refractivity (Wildman–Crippen MR) is 110 cm³/mol. The summed E-state index contributed by atoms with van der Waals surface area (Å²) in [6.07, 6.45) is 6.40. The fourth-order valence-electron chi connectivity index (χ4n) is 4.80. The Kier molecular flexibility index (Phi) is 5.30. The zero-order valence-corrected chi connectivity index (χ0v) is 17.1. The van der Waals surface area contributed by atoms with Gasteiger partial charge in [-0.15, -0.1) is 0 Å². The largest absolute Gasteiger partial charge is 0.348 e. The number of nitrogens with one attached hydrogen (secondary N) is 3. The standard InChI is InChI=1S/C22H29N5O2/c1-15(2)25-21(29)26-19-12-22(18-6-4-3-5-17(18)19)7-9-27(10-8-22)20(28)11-16-13-23-14-24-16/h3-6,13-15,19H,7-12H2,1-2H3,(H,23,24)(H2,25,26,29). The van der Waals surface area contributed by atoms with E-state index in [9.17, 15) is 9.59 Å². The summed E-state index contributed by atoms with van der Waals surface area (Å²) >= 11 is 0. The lowest BCUT2D eigenvalue weighted by Gasteiger charge is -2.40. The Bertz CT molecular complexity index is 869. The maximum Gasteiger partial charge on any atom is 0.315 e. The first-order valence-electron chi connectivity index (χ1n) is 10.4. The van der Waals surface area contributed by atoms with Gasteiger partial charge >= 0.3 is 6.03 Å². The van der Waals surface area contributed by atoms with Crippen LogP contribution in [0.3, 0.4) is 0 Å². The molecule has 0 saturated carbocycles. The summed E-state index contributed by atoms with van der Waals surface area (Å²) in [5, 5.41) is 6.08. The van der Waals surface area contributed by atoms with Gasteiger partial charge in [0.05, 0.1) is 18.8 Å². The minimum Gasteiger partial charge on any atom is -0.348 e. The summed E-state index contributed by atoms with van der Waals surface area (Å²) in [6, 6.07) is 8.42. The second kappa shape index (κ2) is 7.89. The average molecular weight is 396 g/mol. The van der Waals surface area contributed by atoms with Crippen LogP contribution in [-0.4, -0.2) is 45.9 Å². The molecule has 4 rings (SSSR count). The number of amides is 3. The number of piperidine rings is 1. The van der Waals surface area contributed by atoms with Gasteiger partial charge < -0.3 is 20.5 Å². The van der Waals surface area contributed by atoms with Gasteiger partial charge in [0, 0.05) is 36.4 Å². The van der Waals surface area contributed by atoms with Crippen molar-refractivity contribution < 1.29 is 9.59 Å². The van der Waals surface area contributed by atoms with E-state index >= 15 is 0 Å². The Morgan fingerprint density at radius 3 is 2.72 bits per heavy atom. The zero-order chi connectivity index (χ0) is 20.4. The first-order chi connectivity index (χ1) is 14.0. The number of aromatic nitrogens is 2. The Morgan fingerprint density at radius 2 is 2.03 bits per heavy atom. The quantitative estimate of drug-likeness (QED) is 0.743. The maximum atomic E-state index is 12.6. The number of nitrogens with zero attached hydrogens (tertiary/aromatic N) is 2. The van der Waals surface area contributed by atoms with Gasteiger partial charge in [-0.05, 0) is 44.2 Å². The number of benzene rings is 1. The highest BCUT2D eigenvalue weighted by Gasteiger charge is 2.46. The number of likely N-dealkylation sites (tertiary alicyclic amines) is 1. The monoisotopic (exact) mass is 395 g/mol. The Hall–Kier alpha value is -2.83. The van der Waals surface area contributed by atoms with Gasteiger partial charge in [-0.25, -0.2) is 9.78 Å². The van der Waals surface area contributed by atoms with E-state index < -0.39 is 0 Å². The zero-order valence-electron chi connectivity index (χ0n) is 17.1. The van der Waals surface area contributed by atoms with Gasteiger partial charge in [-0.2, -0.15) is 0 Å². The SMILES string of the molecule is CC(C)NC(=O)NC1CC2(CCN(C(=O)Cc3cnc[nH]3)CC2)c2ccccc21. The third-order valence-corrected chi connectivity index (χ3v) is 6.20. The molecule has 0 radical (unpaired) electrons. The van der Waals surface area contributed by atoms with Crippen molar-refractivity contribution in [3.8, 4) is 0 Å². The number of urea groups is 1. The molecule has 3 amide bonds. The molecule has 1 atom stereocenters. The summed E-state index contributed by atoms with van der Waals surface area (Å²) in [5.41, 5.74) is 3.41. The summed E-state index contributed by atoms with van der Waals surface area (Å²) < 4.78 is 0. The van der Waals surface area contributed by atoms with E-state index in [1.54, 1.807) is 12.5 Å². The number of rotatable bonds is 4. The van der Waals surface area contributed by atoms with Crippen LogP contribution in [0.2, 0.25) is 0 Å². The van der Waals surface area contributed by atoms with Crippen molar-refractivity contribution >= 4 is 11.9 Å². The van der Waals surface area contributed by atoms with Crippen LogP contribution in [0, 0.1) is 0 Å². The lowest BCUT2D eigenvalue weighted by atomic mass is 9.73. The Labute approximate surface area is 171 Å². The lowest BCUT2D eigenvalue weighted by Crippen LogP contribution is -2.45. The molecule has 7 nitrogen and oxygen atoms in total. The molecule has 1 fully saturated rings. The van der Waals surface area contributed by atoms with Crippen LogP contribution in [-0.2, 0) is 16.6 Å². The topological polar surface area (TPSA) is 90.1 Å². The third kappa shape index (κ3) is 3.99. The van der Waals surface area contributed by atoms with E-state index in [1.807, 2.05) is 24.8 Å².